The summed E-state index contributed by atoms with van der Waals surface area (Å²) in [5.41, 5.74) is 0. The van der Waals surface area contributed by atoms with Crippen LogP contribution in [0.5, 0.6) is 0 Å². The highest BCUT2D eigenvalue weighted by Crippen LogP contribution is 2.40. The van der Waals surface area contributed by atoms with Gasteiger partial charge in [-0.1, -0.05) is 0 Å². The van der Waals surface area contributed by atoms with E-state index in [1.165, 1.54) is 13.8 Å². The van der Waals surface area contributed by atoms with Gasteiger partial charge in [0.15, 0.2) is 37.7 Å². The van der Waals surface area contributed by atoms with E-state index in [0.29, 0.717) is 0 Å². The lowest BCUT2D eigenvalue weighted by Crippen LogP contribution is -2.71. The molecule has 7 heterocycles. The van der Waals surface area contributed by atoms with Crippen LogP contribution in [0.2, 0.25) is 0 Å². The fourth-order valence-electron chi connectivity index (χ4n) is 11.2. The Morgan fingerprint density at radius 2 is 0.932 bits per heavy atom. The first-order valence-electron chi connectivity index (χ1n) is 28.0. The van der Waals surface area contributed by atoms with E-state index in [9.17, 15) is 122 Å². The van der Waals surface area contributed by atoms with E-state index in [4.69, 9.17) is 61.6 Å². The number of nitrogens with one attached hydrogen (secondary N) is 2. The number of carboxylic acids is 1. The third-order valence-electron chi connectivity index (χ3n) is 16.3. The Labute approximate surface area is 498 Å². The molecule has 0 spiro atoms. The Morgan fingerprint density at radius 1 is 0.477 bits per heavy atom. The molecule has 7 fully saturated rings. The maximum atomic E-state index is 13.3. The molecule has 7 saturated heterocycles. The number of amides is 2. The summed E-state index contributed by atoms with van der Waals surface area (Å²) in [6.45, 7) is -1.17. The van der Waals surface area contributed by atoms with E-state index < -0.39 is 278 Å². The monoisotopic (exact) mass is 1290 g/mol. The molecule has 39 nitrogen and oxygen atoms in total. The van der Waals surface area contributed by atoms with Crippen LogP contribution in [-0.4, -0.2) is 378 Å². The van der Waals surface area contributed by atoms with Crippen molar-refractivity contribution in [3.63, 3.8) is 0 Å². The first-order valence-corrected chi connectivity index (χ1v) is 28.0. The minimum Gasteiger partial charge on any atom is -0.477 e. The molecule has 7 aliphatic rings. The van der Waals surface area contributed by atoms with Gasteiger partial charge in [-0.05, 0) is 13.8 Å². The van der Waals surface area contributed by atoms with Crippen molar-refractivity contribution in [3.8, 4) is 0 Å². The van der Waals surface area contributed by atoms with E-state index >= 15 is 0 Å². The number of carbonyl (C=O) groups is 3. The van der Waals surface area contributed by atoms with Crippen LogP contribution in [0.3, 0.4) is 0 Å². The van der Waals surface area contributed by atoms with Gasteiger partial charge in [-0.25, -0.2) is 4.79 Å². The summed E-state index contributed by atoms with van der Waals surface area (Å²) in [7, 11) is 0. The molecule has 0 radical (unpaired) electrons. The van der Waals surface area contributed by atoms with Crippen molar-refractivity contribution in [1.29, 1.82) is 0 Å². The van der Waals surface area contributed by atoms with Crippen LogP contribution >= 0.6 is 0 Å². The van der Waals surface area contributed by atoms with Crippen molar-refractivity contribution >= 4 is 17.8 Å². The number of hydrogen-bond acceptors (Lipinski definition) is 36. The molecule has 0 aliphatic carbocycles. The summed E-state index contributed by atoms with van der Waals surface area (Å²) < 4.78 is 75.1. The van der Waals surface area contributed by atoms with E-state index in [1.807, 2.05) is 0 Å². The highest BCUT2D eigenvalue weighted by molar-refractivity contribution is 5.76. The van der Waals surface area contributed by atoms with Crippen molar-refractivity contribution in [2.45, 2.75) is 255 Å². The van der Waals surface area contributed by atoms with Crippen molar-refractivity contribution in [1.82, 2.24) is 10.6 Å². The first-order chi connectivity index (χ1) is 41.3. The molecule has 39 heteroatoms. The molecule has 510 valence electrons. The van der Waals surface area contributed by atoms with Gasteiger partial charge in [0.25, 0.3) is 5.79 Å². The molecule has 36 atom stereocenters. The molecule has 0 aromatic rings. The standard InChI is InChI=1S/C49H82N2O37/c1-11-23(59)30(66)33(69)44(77-11)80-16-5-49(48(74)75,88-40(27(16)63)25(61)15(58)6-52)76-10-20-28(64)39(22(42(73)79-20)51-14(4)57)86-43-21(50-13(3)56)29(65)37(18(8-54)82-43)85-47-41(87-45-34(70)31(67)24(60)12(2)78-45)36(72)38(19(9-55)83-47)84-46-35(71)32(68)26(62)17(7-53)81-46/h11-12,15-47,52-55,58-73H,5-10H2,1-4H3,(H,50,56)(H,51,57)(H,74,75)/t11-,12-,15+,16-,17+,18+,19+,20+,21+,22+,23+,24+,25+,26-,27+,28-,29+,30+,31+,32-,33-,34-,35+,36-,37+,38-,39+,40-,41+,42+,43-,44-,45-,46+,47-,49+/m0/s1. The van der Waals surface area contributed by atoms with E-state index in [2.05, 4.69) is 10.6 Å². The fraction of sp³-hybridized carbons (Fsp3) is 0.939. The predicted octanol–water partition coefficient (Wildman–Crippen LogP) is -14.7. The average molecular weight is 1290 g/mol. The molecule has 7 rings (SSSR count). The Bertz CT molecular complexity index is 2250. The predicted molar refractivity (Wildman–Crippen MR) is 269 cm³/mol. The van der Waals surface area contributed by atoms with E-state index in [0.717, 1.165) is 13.8 Å². The second-order valence-electron chi connectivity index (χ2n) is 22.5. The van der Waals surface area contributed by atoms with Crippen molar-refractivity contribution in [2.24, 2.45) is 0 Å². The quantitative estimate of drug-likeness (QED) is 0.0479. The Balaban J connectivity index is 1.16. The largest absolute Gasteiger partial charge is 0.477 e. The molecule has 0 bridgehead atoms. The van der Waals surface area contributed by atoms with Gasteiger partial charge >= 0.3 is 5.97 Å². The minimum absolute atomic E-state index is 0.907. The number of aliphatic hydroxyl groups is 20. The maximum absolute atomic E-state index is 13.3. The lowest BCUT2D eigenvalue weighted by atomic mass is 9.90. The van der Waals surface area contributed by atoms with Crippen molar-refractivity contribution in [2.75, 3.05) is 33.0 Å². The van der Waals surface area contributed by atoms with Crippen LogP contribution in [0.4, 0.5) is 0 Å². The van der Waals surface area contributed by atoms with Crippen LogP contribution in [0.15, 0.2) is 0 Å². The zero-order chi connectivity index (χ0) is 65.3. The molecule has 23 N–H and O–H groups in total. The highest BCUT2D eigenvalue weighted by atomic mass is 16.8. The van der Waals surface area contributed by atoms with Gasteiger partial charge in [-0.15, -0.1) is 0 Å². The topological polar surface area (TPSA) is 620 Å². The number of carbonyl (C=O) groups excluding carboxylic acids is 2. The number of carboxylic acid groups (broad SMARTS) is 1. The first kappa shape index (κ1) is 72.5. The molecule has 0 saturated carbocycles. The Morgan fingerprint density at radius 3 is 1.45 bits per heavy atom. The van der Waals surface area contributed by atoms with Crippen LogP contribution in [0.25, 0.3) is 0 Å². The van der Waals surface area contributed by atoms with Gasteiger partial charge in [-0.2, -0.15) is 0 Å². The number of aliphatic carboxylic acids is 1. The summed E-state index contributed by atoms with van der Waals surface area (Å²) in [5.74, 6) is -7.07. The number of ether oxygens (including phenoxy) is 13. The second-order valence-corrected chi connectivity index (χ2v) is 22.5. The van der Waals surface area contributed by atoms with Gasteiger partial charge in [0, 0.05) is 20.3 Å². The van der Waals surface area contributed by atoms with E-state index in [-0.39, 0.29) is 0 Å². The minimum atomic E-state index is -3.16. The SMILES string of the molecule is CC(=O)N[C@@H]1[C@@H](O[C@@H]2O[C@H](CO)[C@@H](O[C@@H]3O[C@H](CO)[C@H](O[C@H]4O[C@H](CO)[C@H](O)[C@H](O)[C@H]4O)[C@H](O)[C@H]3O[C@@H]3O[C@@H](C)[C@@H](O)[C@@H](O)[C@@H]3O)[C@H](O)[C@H]2NC(C)=O)[C@@H](O)[C@@H](CO[C@]2(C(=O)O)C[C@H](O[C@@H]3O[C@@H](C)[C@@H](O)[C@@H](O)[C@@H]3O)[C@@H](O)[C@H]([C@H](O)[C@H](O)CO)O2)O[C@H]1O. The summed E-state index contributed by atoms with van der Waals surface area (Å²) in [4.78, 5) is 38.9. The second kappa shape index (κ2) is 30.4. The normalized spacial score (nSPS) is 49.3. The molecular formula is C49H82N2O37. The Kier molecular flexibility index (Phi) is 25.1. The summed E-state index contributed by atoms with van der Waals surface area (Å²) in [5, 5.41) is 232. The van der Waals surface area contributed by atoms with Crippen LogP contribution < -0.4 is 10.6 Å². The number of aliphatic hydroxyl groups excluding tert-OH is 20. The van der Waals surface area contributed by atoms with Crippen molar-refractivity contribution < 1.29 is 183 Å². The molecule has 0 aromatic carbocycles. The maximum Gasteiger partial charge on any atom is 0.364 e. The summed E-state index contributed by atoms with van der Waals surface area (Å²) in [6, 6.07) is -3.81. The lowest BCUT2D eigenvalue weighted by molar-refractivity contribution is -0.400. The third kappa shape index (κ3) is 15.3. The van der Waals surface area contributed by atoms with Gasteiger partial charge in [0.1, 0.15) is 159 Å². The molecule has 88 heavy (non-hydrogen) atoms. The third-order valence-corrected chi connectivity index (χ3v) is 16.3. The molecule has 7 aliphatic heterocycles. The zero-order valence-corrected chi connectivity index (χ0v) is 47.4. The Hall–Kier alpha value is -2.91. The smallest absolute Gasteiger partial charge is 0.364 e. The average Bonchev–Trinajstić information content (AvgIpc) is 0.873. The molecule has 2 amide bonds. The molecular weight excluding hydrogens is 1210 g/mol. The van der Waals surface area contributed by atoms with E-state index in [1.54, 1.807) is 0 Å². The number of hydrogen-bond donors (Lipinski definition) is 23. The highest BCUT2D eigenvalue weighted by Gasteiger charge is 2.61. The van der Waals surface area contributed by atoms with Gasteiger partial charge in [-0.3, -0.25) is 9.59 Å². The fourth-order valence-corrected chi connectivity index (χ4v) is 11.2. The van der Waals surface area contributed by atoms with Gasteiger partial charge < -0.3 is 179 Å². The zero-order valence-electron chi connectivity index (χ0n) is 47.4. The molecule has 0 unspecified atom stereocenters. The van der Waals surface area contributed by atoms with Gasteiger partial charge in [0.05, 0.1) is 51.3 Å². The summed E-state index contributed by atoms with van der Waals surface area (Å²) >= 11 is 0. The molecule has 0 aromatic heterocycles. The van der Waals surface area contributed by atoms with Crippen LogP contribution in [0.1, 0.15) is 34.1 Å². The summed E-state index contributed by atoms with van der Waals surface area (Å²) in [6.07, 6.45) is -66.5. The lowest BCUT2D eigenvalue weighted by Gasteiger charge is -2.51. The van der Waals surface area contributed by atoms with Gasteiger partial charge in [0.2, 0.25) is 11.8 Å². The van der Waals surface area contributed by atoms with Crippen molar-refractivity contribution in [3.05, 3.63) is 0 Å². The van der Waals surface area contributed by atoms with Crippen LogP contribution in [-0.2, 0) is 76.0 Å². The number of rotatable bonds is 22. The van der Waals surface area contributed by atoms with Crippen LogP contribution in [0, 0.1) is 0 Å².